The molecule has 0 bridgehead atoms. The Morgan fingerprint density at radius 1 is 1.00 bits per heavy atom. The van der Waals surface area contributed by atoms with Gasteiger partial charge in [-0.1, -0.05) is 30.3 Å². The molecular weight excluding hydrogens is 447 g/mol. The summed E-state index contributed by atoms with van der Waals surface area (Å²) in [6, 6.07) is 15.8. The van der Waals surface area contributed by atoms with Crippen molar-refractivity contribution in [2.45, 2.75) is 44.8 Å². The molecule has 0 radical (unpaired) electrons. The highest BCUT2D eigenvalue weighted by atomic mass is 32.2. The zero-order valence-electron chi connectivity index (χ0n) is 18.4. The molecule has 5 nitrogen and oxygen atoms in total. The number of amides is 1. The van der Waals surface area contributed by atoms with Crippen molar-refractivity contribution < 1.29 is 17.6 Å². The van der Waals surface area contributed by atoms with Crippen molar-refractivity contribution in [3.63, 3.8) is 0 Å². The molecule has 0 saturated carbocycles. The summed E-state index contributed by atoms with van der Waals surface area (Å²) in [7, 11) is -3.97. The molecule has 0 atom stereocenters. The van der Waals surface area contributed by atoms with E-state index in [9.17, 15) is 17.6 Å². The van der Waals surface area contributed by atoms with Crippen LogP contribution in [0.4, 0.5) is 4.39 Å². The summed E-state index contributed by atoms with van der Waals surface area (Å²) in [5.74, 6) is -0.808. The smallest absolute Gasteiger partial charge is 0.243 e. The Kier molecular flexibility index (Phi) is 7.82. The lowest BCUT2D eigenvalue weighted by atomic mass is 10.2. The minimum absolute atomic E-state index is 0.0379. The van der Waals surface area contributed by atoms with Crippen molar-refractivity contribution >= 4 is 27.3 Å². The van der Waals surface area contributed by atoms with Gasteiger partial charge < -0.3 is 4.90 Å². The van der Waals surface area contributed by atoms with Gasteiger partial charge in [0.15, 0.2) is 0 Å². The van der Waals surface area contributed by atoms with Crippen molar-refractivity contribution in [3.8, 4) is 0 Å². The van der Waals surface area contributed by atoms with E-state index in [1.54, 1.807) is 30.1 Å². The molecule has 3 rings (SSSR count). The van der Waals surface area contributed by atoms with Crippen LogP contribution in [-0.4, -0.2) is 36.1 Å². The number of sulfonamides is 1. The van der Waals surface area contributed by atoms with Gasteiger partial charge in [-0.05, 0) is 67.6 Å². The molecule has 8 heteroatoms. The summed E-state index contributed by atoms with van der Waals surface area (Å²) in [4.78, 5) is 16.1. The van der Waals surface area contributed by atoms with Crippen LogP contribution in [0.1, 0.15) is 29.9 Å². The first-order chi connectivity index (χ1) is 15.2. The molecule has 0 unspecified atom stereocenters. The van der Waals surface area contributed by atoms with Gasteiger partial charge in [-0.15, -0.1) is 11.3 Å². The molecule has 1 heterocycles. The molecule has 2 aromatic carbocycles. The van der Waals surface area contributed by atoms with E-state index >= 15 is 0 Å². The largest absolute Gasteiger partial charge is 0.332 e. The van der Waals surface area contributed by atoms with Gasteiger partial charge in [0.25, 0.3) is 0 Å². The summed E-state index contributed by atoms with van der Waals surface area (Å²) in [6.45, 7) is 5.92. The van der Waals surface area contributed by atoms with Crippen molar-refractivity contribution in [1.29, 1.82) is 0 Å². The average Bonchev–Trinajstić information content (AvgIpc) is 3.16. The van der Waals surface area contributed by atoms with E-state index in [-0.39, 0.29) is 17.3 Å². The highest BCUT2D eigenvalue weighted by molar-refractivity contribution is 7.89. The van der Waals surface area contributed by atoms with Crippen molar-refractivity contribution in [3.05, 3.63) is 87.9 Å². The van der Waals surface area contributed by atoms with Gasteiger partial charge in [-0.2, -0.15) is 4.31 Å². The van der Waals surface area contributed by atoms with Crippen LogP contribution in [0.25, 0.3) is 0 Å². The van der Waals surface area contributed by atoms with Gasteiger partial charge in [0.1, 0.15) is 5.82 Å². The fraction of sp³-hybridized carbons (Fsp3) is 0.292. The molecule has 0 aliphatic carbocycles. The Hall–Kier alpha value is -2.55. The van der Waals surface area contributed by atoms with E-state index in [2.05, 4.69) is 0 Å². The first-order valence-electron chi connectivity index (χ1n) is 10.3. The quantitative estimate of drug-likeness (QED) is 0.447. The minimum Gasteiger partial charge on any atom is -0.332 e. The molecule has 0 aliphatic heterocycles. The first kappa shape index (κ1) is 24.1. The Labute approximate surface area is 193 Å². The number of rotatable bonds is 9. The maximum atomic E-state index is 13.4. The summed E-state index contributed by atoms with van der Waals surface area (Å²) in [5.41, 5.74) is 2.06. The van der Waals surface area contributed by atoms with Gasteiger partial charge in [-0.3, -0.25) is 4.79 Å². The monoisotopic (exact) mass is 474 g/mol. The molecule has 1 aromatic heterocycles. The van der Waals surface area contributed by atoms with E-state index in [0.29, 0.717) is 13.1 Å². The Morgan fingerprint density at radius 2 is 1.66 bits per heavy atom. The van der Waals surface area contributed by atoms with E-state index < -0.39 is 21.9 Å². The highest BCUT2D eigenvalue weighted by Gasteiger charge is 2.31. The summed E-state index contributed by atoms with van der Waals surface area (Å²) >= 11 is 1.57. The molecule has 0 aliphatic rings. The third-order valence-corrected chi connectivity index (χ3v) is 8.20. The van der Waals surface area contributed by atoms with Crippen LogP contribution in [-0.2, 0) is 27.9 Å². The van der Waals surface area contributed by atoms with Crippen LogP contribution in [0, 0.1) is 12.7 Å². The molecule has 1 amide bonds. The Morgan fingerprint density at radius 3 is 2.22 bits per heavy atom. The fourth-order valence-corrected chi connectivity index (χ4v) is 5.80. The van der Waals surface area contributed by atoms with Gasteiger partial charge in [-0.25, -0.2) is 12.8 Å². The number of hydrogen-bond acceptors (Lipinski definition) is 4. The van der Waals surface area contributed by atoms with Crippen LogP contribution in [0.2, 0.25) is 0 Å². The molecular formula is C24H27FN2O3S2. The topological polar surface area (TPSA) is 57.7 Å². The van der Waals surface area contributed by atoms with Gasteiger partial charge in [0.05, 0.1) is 18.0 Å². The van der Waals surface area contributed by atoms with E-state index in [1.807, 2.05) is 48.7 Å². The summed E-state index contributed by atoms with van der Waals surface area (Å²) < 4.78 is 40.9. The summed E-state index contributed by atoms with van der Waals surface area (Å²) in [5, 5.41) is 1.98. The first-order valence-corrected chi connectivity index (χ1v) is 12.6. The molecule has 32 heavy (non-hydrogen) atoms. The lowest BCUT2D eigenvalue weighted by Crippen LogP contribution is -2.45. The molecule has 170 valence electrons. The Bertz CT molecular complexity index is 1140. The second kappa shape index (κ2) is 10.4. The zero-order chi connectivity index (χ0) is 23.3. The highest BCUT2D eigenvalue weighted by Crippen LogP contribution is 2.22. The number of thiophene rings is 1. The van der Waals surface area contributed by atoms with Gasteiger partial charge in [0, 0.05) is 17.5 Å². The van der Waals surface area contributed by atoms with E-state index in [4.69, 9.17) is 0 Å². The molecule has 0 fully saturated rings. The number of aryl methyl sites for hydroxylation is 1. The predicted octanol–water partition coefficient (Wildman–Crippen LogP) is 4.82. The Balaban J connectivity index is 1.87. The van der Waals surface area contributed by atoms with E-state index in [1.165, 1.54) is 16.4 Å². The predicted molar refractivity (Wildman–Crippen MR) is 125 cm³/mol. The van der Waals surface area contributed by atoms with Crippen LogP contribution in [0.3, 0.4) is 0 Å². The third-order valence-electron chi connectivity index (χ3n) is 5.16. The normalized spacial score (nSPS) is 11.8. The number of nitrogens with zero attached hydrogens (tertiary/aromatic N) is 2. The van der Waals surface area contributed by atoms with Crippen LogP contribution in [0.5, 0.6) is 0 Å². The second-order valence-electron chi connectivity index (χ2n) is 7.86. The SMILES string of the molecule is Cc1ccsc1CN(Cc1ccccc1)C(=O)CN(C(C)C)S(=O)(=O)c1ccc(F)cc1. The van der Waals surface area contributed by atoms with Gasteiger partial charge in [0.2, 0.25) is 15.9 Å². The number of carbonyl (C=O) groups excluding carboxylic acids is 1. The molecule has 3 aromatic rings. The third kappa shape index (κ3) is 5.82. The fourth-order valence-electron chi connectivity index (χ4n) is 3.30. The van der Waals surface area contributed by atoms with Crippen LogP contribution in [0.15, 0.2) is 70.9 Å². The van der Waals surface area contributed by atoms with Crippen molar-refractivity contribution in [1.82, 2.24) is 9.21 Å². The van der Waals surface area contributed by atoms with Crippen LogP contribution < -0.4 is 0 Å². The summed E-state index contributed by atoms with van der Waals surface area (Å²) in [6.07, 6.45) is 0. The molecule has 0 N–H and O–H groups in total. The van der Waals surface area contributed by atoms with Crippen LogP contribution >= 0.6 is 11.3 Å². The average molecular weight is 475 g/mol. The molecule has 0 spiro atoms. The van der Waals surface area contributed by atoms with Crippen molar-refractivity contribution in [2.24, 2.45) is 0 Å². The maximum absolute atomic E-state index is 13.4. The lowest BCUT2D eigenvalue weighted by molar-refractivity contribution is -0.132. The standard InChI is InChI=1S/C24H27FN2O3S2/c1-18(2)27(32(29,30)22-11-9-21(25)10-12-22)17-24(28)26(15-20-7-5-4-6-8-20)16-23-19(3)13-14-31-23/h4-14,18H,15-17H2,1-3H3. The molecule has 0 saturated heterocycles. The van der Waals surface area contributed by atoms with Crippen molar-refractivity contribution in [2.75, 3.05) is 6.54 Å². The number of hydrogen-bond donors (Lipinski definition) is 0. The van der Waals surface area contributed by atoms with Gasteiger partial charge >= 0.3 is 0 Å². The minimum atomic E-state index is -3.97. The maximum Gasteiger partial charge on any atom is 0.243 e. The number of carbonyl (C=O) groups is 1. The second-order valence-corrected chi connectivity index (χ2v) is 10.8. The van der Waals surface area contributed by atoms with E-state index in [0.717, 1.165) is 28.1 Å². The zero-order valence-corrected chi connectivity index (χ0v) is 20.0. The lowest BCUT2D eigenvalue weighted by Gasteiger charge is -2.29. The number of benzene rings is 2. The number of halogens is 1.